The summed E-state index contributed by atoms with van der Waals surface area (Å²) in [7, 11) is 0. The standard InChI is InChI=1S/C19H29NO4/c1-13(2)12-22-18-14(3)23-19(21)16(20)10-7-11-17(18)24-15-8-5-4-6-9-15/h4-6,8-9,13-14,16-18H,7,10-12,20H2,1-3H3/p+1/t14-,16-,17-,18-/m0/s1. The SMILES string of the molecule is CC(C)CO[C@H]1[C@H](C)OC(=O)[C@@H]([NH3+])CCC[C@@H]1Oc1ccccc1. The highest BCUT2D eigenvalue weighted by Crippen LogP contribution is 2.23. The van der Waals surface area contributed by atoms with Gasteiger partial charge in [0.25, 0.3) is 0 Å². The molecule has 1 fully saturated rings. The quantitative estimate of drug-likeness (QED) is 0.837. The molecule has 1 heterocycles. The Bertz CT molecular complexity index is 505. The maximum atomic E-state index is 12.1. The summed E-state index contributed by atoms with van der Waals surface area (Å²) in [6.07, 6.45) is 1.56. The zero-order chi connectivity index (χ0) is 17.5. The molecule has 5 heteroatoms. The molecule has 134 valence electrons. The van der Waals surface area contributed by atoms with E-state index in [0.717, 1.165) is 18.6 Å². The van der Waals surface area contributed by atoms with Crippen LogP contribution in [0.4, 0.5) is 0 Å². The molecule has 0 aromatic heterocycles. The van der Waals surface area contributed by atoms with Crippen LogP contribution in [-0.4, -0.2) is 36.9 Å². The molecule has 0 spiro atoms. The van der Waals surface area contributed by atoms with Crippen LogP contribution in [0.5, 0.6) is 5.75 Å². The lowest BCUT2D eigenvalue weighted by molar-refractivity contribution is -0.410. The highest BCUT2D eigenvalue weighted by atomic mass is 16.6. The molecule has 1 aromatic rings. The highest BCUT2D eigenvalue weighted by molar-refractivity contribution is 5.74. The first-order chi connectivity index (χ1) is 11.5. The van der Waals surface area contributed by atoms with E-state index < -0.39 is 0 Å². The number of cyclic esters (lactones) is 1. The fourth-order valence-corrected chi connectivity index (χ4v) is 2.84. The number of hydrogen-bond donors (Lipinski definition) is 1. The summed E-state index contributed by atoms with van der Waals surface area (Å²) in [5, 5.41) is 0. The molecule has 0 unspecified atom stereocenters. The number of quaternary nitrogens is 1. The molecule has 3 N–H and O–H groups in total. The van der Waals surface area contributed by atoms with Gasteiger partial charge >= 0.3 is 5.97 Å². The number of ether oxygens (including phenoxy) is 3. The summed E-state index contributed by atoms with van der Waals surface area (Å²) in [5.74, 6) is 0.962. The monoisotopic (exact) mass is 336 g/mol. The third kappa shape index (κ3) is 5.49. The van der Waals surface area contributed by atoms with E-state index in [1.54, 1.807) is 0 Å². The van der Waals surface area contributed by atoms with E-state index in [9.17, 15) is 4.79 Å². The second-order valence-corrected chi connectivity index (χ2v) is 6.93. The Morgan fingerprint density at radius 1 is 1.25 bits per heavy atom. The summed E-state index contributed by atoms with van der Waals surface area (Å²) in [5.41, 5.74) is 3.91. The van der Waals surface area contributed by atoms with E-state index in [-0.39, 0.29) is 30.3 Å². The van der Waals surface area contributed by atoms with Gasteiger partial charge in [0, 0.05) is 13.0 Å². The summed E-state index contributed by atoms with van der Waals surface area (Å²) in [6, 6.07) is 9.41. The van der Waals surface area contributed by atoms with Crippen molar-refractivity contribution in [2.24, 2.45) is 5.92 Å². The van der Waals surface area contributed by atoms with Crippen LogP contribution in [0.25, 0.3) is 0 Å². The van der Waals surface area contributed by atoms with Crippen molar-refractivity contribution in [2.45, 2.75) is 64.4 Å². The van der Waals surface area contributed by atoms with Crippen molar-refractivity contribution in [1.29, 1.82) is 0 Å². The van der Waals surface area contributed by atoms with Crippen molar-refractivity contribution in [3.05, 3.63) is 30.3 Å². The Hall–Kier alpha value is -1.59. The number of hydrogen-bond acceptors (Lipinski definition) is 4. The van der Waals surface area contributed by atoms with Crippen LogP contribution in [0.3, 0.4) is 0 Å². The van der Waals surface area contributed by atoms with E-state index >= 15 is 0 Å². The average Bonchev–Trinajstić information content (AvgIpc) is 2.58. The third-order valence-electron chi connectivity index (χ3n) is 4.16. The second kappa shape index (κ2) is 9.04. The van der Waals surface area contributed by atoms with Crippen LogP contribution in [0.2, 0.25) is 0 Å². The minimum Gasteiger partial charge on any atom is -0.488 e. The number of esters is 1. The number of carbonyl (C=O) groups is 1. The molecule has 0 aliphatic carbocycles. The normalized spacial score (nSPS) is 28.6. The zero-order valence-electron chi connectivity index (χ0n) is 14.9. The van der Waals surface area contributed by atoms with Crippen LogP contribution in [0.15, 0.2) is 30.3 Å². The molecule has 5 nitrogen and oxygen atoms in total. The van der Waals surface area contributed by atoms with E-state index in [1.807, 2.05) is 37.3 Å². The fraction of sp³-hybridized carbons (Fsp3) is 0.632. The molecule has 1 aliphatic rings. The summed E-state index contributed by atoms with van der Waals surface area (Å²) in [4.78, 5) is 12.1. The van der Waals surface area contributed by atoms with Crippen LogP contribution in [-0.2, 0) is 14.3 Å². The molecule has 24 heavy (non-hydrogen) atoms. The molecule has 4 atom stereocenters. The van der Waals surface area contributed by atoms with Crippen LogP contribution in [0.1, 0.15) is 40.0 Å². The lowest BCUT2D eigenvalue weighted by Crippen LogP contribution is -2.65. The Morgan fingerprint density at radius 2 is 1.96 bits per heavy atom. The van der Waals surface area contributed by atoms with Crippen LogP contribution >= 0.6 is 0 Å². The molecule has 1 aromatic carbocycles. The van der Waals surface area contributed by atoms with Gasteiger partial charge in [-0.2, -0.15) is 0 Å². The lowest BCUT2D eigenvalue weighted by atomic mass is 10.0. The Morgan fingerprint density at radius 3 is 2.62 bits per heavy atom. The molecule has 1 saturated heterocycles. The van der Waals surface area contributed by atoms with Crippen molar-refractivity contribution in [1.82, 2.24) is 0 Å². The van der Waals surface area contributed by atoms with Crippen LogP contribution < -0.4 is 10.5 Å². The van der Waals surface area contributed by atoms with Crippen molar-refractivity contribution < 1.29 is 24.7 Å². The Labute approximate surface area is 144 Å². The Kier molecular flexibility index (Phi) is 7.06. The van der Waals surface area contributed by atoms with Gasteiger partial charge in [0.2, 0.25) is 0 Å². The molecule has 1 aliphatic heterocycles. The smallest absolute Gasteiger partial charge is 0.365 e. The van der Waals surface area contributed by atoms with Gasteiger partial charge in [0.05, 0.1) is 0 Å². The molecule has 0 bridgehead atoms. The largest absolute Gasteiger partial charge is 0.488 e. The average molecular weight is 336 g/mol. The number of benzene rings is 1. The summed E-state index contributed by atoms with van der Waals surface area (Å²) >= 11 is 0. The first kappa shape index (κ1) is 18.7. The van der Waals surface area contributed by atoms with Gasteiger partial charge in [0.15, 0.2) is 6.04 Å². The first-order valence-electron chi connectivity index (χ1n) is 8.84. The zero-order valence-corrected chi connectivity index (χ0v) is 14.9. The maximum Gasteiger partial charge on any atom is 0.365 e. The second-order valence-electron chi connectivity index (χ2n) is 6.93. The number of para-hydroxylation sites is 1. The van der Waals surface area contributed by atoms with E-state index in [4.69, 9.17) is 14.2 Å². The van der Waals surface area contributed by atoms with Gasteiger partial charge < -0.3 is 19.9 Å². The summed E-state index contributed by atoms with van der Waals surface area (Å²) in [6.45, 7) is 6.69. The Balaban J connectivity index is 2.17. The third-order valence-corrected chi connectivity index (χ3v) is 4.16. The van der Waals surface area contributed by atoms with Gasteiger partial charge in [-0.15, -0.1) is 0 Å². The topological polar surface area (TPSA) is 72.4 Å². The highest BCUT2D eigenvalue weighted by Gasteiger charge is 2.35. The summed E-state index contributed by atoms with van der Waals surface area (Å²) < 4.78 is 17.9. The predicted molar refractivity (Wildman–Crippen MR) is 91.5 cm³/mol. The minimum atomic E-state index is -0.368. The number of carbonyl (C=O) groups excluding carboxylic acids is 1. The van der Waals surface area contributed by atoms with E-state index in [2.05, 4.69) is 19.6 Å². The molecule has 0 radical (unpaired) electrons. The molecule has 0 amide bonds. The minimum absolute atomic E-state index is 0.153. The van der Waals surface area contributed by atoms with Crippen molar-refractivity contribution in [3.8, 4) is 5.75 Å². The predicted octanol–water partition coefficient (Wildman–Crippen LogP) is 2.20. The van der Waals surface area contributed by atoms with Gasteiger partial charge in [-0.05, 0) is 37.8 Å². The first-order valence-corrected chi connectivity index (χ1v) is 8.84. The maximum absolute atomic E-state index is 12.1. The van der Waals surface area contributed by atoms with Crippen LogP contribution in [0, 0.1) is 5.92 Å². The molecule has 2 rings (SSSR count). The lowest BCUT2D eigenvalue weighted by Gasteiger charge is -2.31. The van der Waals surface area contributed by atoms with Crippen molar-refractivity contribution in [3.63, 3.8) is 0 Å². The molecule has 0 saturated carbocycles. The van der Waals surface area contributed by atoms with Gasteiger partial charge in [-0.25, -0.2) is 4.79 Å². The van der Waals surface area contributed by atoms with Gasteiger partial charge in [-0.1, -0.05) is 32.0 Å². The molecular formula is C19H30NO4+. The van der Waals surface area contributed by atoms with E-state index in [0.29, 0.717) is 18.9 Å². The van der Waals surface area contributed by atoms with E-state index in [1.165, 1.54) is 0 Å². The number of rotatable bonds is 5. The van der Waals surface area contributed by atoms with Crippen molar-refractivity contribution >= 4 is 5.97 Å². The van der Waals surface area contributed by atoms with Gasteiger partial charge in [-0.3, -0.25) is 0 Å². The van der Waals surface area contributed by atoms with Gasteiger partial charge in [0.1, 0.15) is 24.1 Å². The fourth-order valence-electron chi connectivity index (χ4n) is 2.84. The molecular weight excluding hydrogens is 306 g/mol. The van der Waals surface area contributed by atoms with Crippen molar-refractivity contribution in [2.75, 3.05) is 6.61 Å².